The molecule has 6 nitrogen and oxygen atoms in total. The third-order valence-electron chi connectivity index (χ3n) is 3.56. The van der Waals surface area contributed by atoms with E-state index in [2.05, 4.69) is 0 Å². The molecule has 0 aliphatic carbocycles. The fourth-order valence-electron chi connectivity index (χ4n) is 2.34. The summed E-state index contributed by atoms with van der Waals surface area (Å²) in [5.74, 6) is -0.720. The molecule has 1 N–H and O–H groups in total. The van der Waals surface area contributed by atoms with Crippen molar-refractivity contribution in [2.75, 3.05) is 33.9 Å². The number of aliphatic hydroxyl groups excluding tert-OH is 1. The summed E-state index contributed by atoms with van der Waals surface area (Å²) in [6.07, 6.45) is 0.560. The van der Waals surface area contributed by atoms with Gasteiger partial charge in [-0.3, -0.25) is 0 Å². The number of aliphatic hydroxyl groups is 1. The van der Waals surface area contributed by atoms with Gasteiger partial charge >= 0.3 is 0 Å². The molecule has 118 valence electrons. The van der Waals surface area contributed by atoms with Crippen molar-refractivity contribution in [3.05, 3.63) is 17.9 Å². The monoisotopic (exact) mass is 319 g/mol. The zero-order chi connectivity index (χ0) is 15.6. The number of hydrogen-bond acceptors (Lipinski definition) is 5. The molecular formula is C13H18FNO5S. The normalized spacial score (nSPS) is 19.7. The maximum absolute atomic E-state index is 14.1. The van der Waals surface area contributed by atoms with Crippen LogP contribution in [0.3, 0.4) is 0 Å². The van der Waals surface area contributed by atoms with E-state index in [0.29, 0.717) is 6.42 Å². The molecular weight excluding hydrogens is 301 g/mol. The Kier molecular flexibility index (Phi) is 4.70. The van der Waals surface area contributed by atoms with Gasteiger partial charge in [0.2, 0.25) is 10.0 Å². The van der Waals surface area contributed by atoms with Crippen LogP contribution in [0.25, 0.3) is 0 Å². The molecule has 1 aromatic rings. The van der Waals surface area contributed by atoms with Gasteiger partial charge in [-0.25, -0.2) is 12.8 Å². The summed E-state index contributed by atoms with van der Waals surface area (Å²) in [6, 6.07) is 2.11. The first-order valence-electron chi connectivity index (χ1n) is 6.46. The molecule has 0 bridgehead atoms. The highest BCUT2D eigenvalue weighted by Gasteiger charge is 2.34. The lowest BCUT2D eigenvalue weighted by Gasteiger charge is -2.18. The smallest absolute Gasteiger partial charge is 0.246 e. The predicted molar refractivity (Wildman–Crippen MR) is 73.5 cm³/mol. The number of benzene rings is 1. The summed E-state index contributed by atoms with van der Waals surface area (Å²) < 4.78 is 50.2. The molecule has 1 aliphatic heterocycles. The van der Waals surface area contributed by atoms with E-state index in [4.69, 9.17) is 14.6 Å². The van der Waals surface area contributed by atoms with Gasteiger partial charge in [-0.05, 0) is 12.3 Å². The summed E-state index contributed by atoms with van der Waals surface area (Å²) in [7, 11) is -1.26. The molecule has 1 heterocycles. The van der Waals surface area contributed by atoms with E-state index in [1.54, 1.807) is 0 Å². The van der Waals surface area contributed by atoms with Gasteiger partial charge in [0.05, 0.1) is 14.2 Å². The lowest BCUT2D eigenvalue weighted by atomic mass is 10.1. The summed E-state index contributed by atoms with van der Waals surface area (Å²) in [5, 5.41) is 9.09. The van der Waals surface area contributed by atoms with Gasteiger partial charge in [-0.2, -0.15) is 4.31 Å². The Labute approximate surface area is 123 Å². The van der Waals surface area contributed by atoms with Gasteiger partial charge in [-0.1, -0.05) is 0 Å². The van der Waals surface area contributed by atoms with Crippen LogP contribution in [0, 0.1) is 11.7 Å². The molecule has 1 aromatic carbocycles. The van der Waals surface area contributed by atoms with Crippen molar-refractivity contribution in [2.45, 2.75) is 11.3 Å². The van der Waals surface area contributed by atoms with Crippen molar-refractivity contribution >= 4 is 10.0 Å². The molecule has 1 aliphatic rings. The van der Waals surface area contributed by atoms with Gasteiger partial charge < -0.3 is 14.6 Å². The van der Waals surface area contributed by atoms with Crippen molar-refractivity contribution in [3.63, 3.8) is 0 Å². The molecule has 1 unspecified atom stereocenters. The van der Waals surface area contributed by atoms with Crippen LogP contribution in [-0.4, -0.2) is 51.7 Å². The quantitative estimate of drug-likeness (QED) is 0.870. The van der Waals surface area contributed by atoms with E-state index in [9.17, 15) is 12.8 Å². The number of halogens is 1. The van der Waals surface area contributed by atoms with Gasteiger partial charge in [-0.15, -0.1) is 0 Å². The number of rotatable bonds is 5. The van der Waals surface area contributed by atoms with Crippen LogP contribution < -0.4 is 9.47 Å². The number of methoxy groups -OCH3 is 2. The number of ether oxygens (including phenoxy) is 2. The van der Waals surface area contributed by atoms with Crippen LogP contribution in [0.1, 0.15) is 6.42 Å². The van der Waals surface area contributed by atoms with Crippen LogP contribution in [-0.2, 0) is 10.0 Å². The zero-order valence-corrected chi connectivity index (χ0v) is 12.7. The average molecular weight is 319 g/mol. The second-order valence-electron chi connectivity index (χ2n) is 4.84. The topological polar surface area (TPSA) is 76.1 Å². The highest BCUT2D eigenvalue weighted by molar-refractivity contribution is 7.89. The minimum Gasteiger partial charge on any atom is -0.493 e. The number of hydrogen-bond donors (Lipinski definition) is 1. The molecule has 0 spiro atoms. The van der Waals surface area contributed by atoms with Crippen molar-refractivity contribution in [1.82, 2.24) is 4.31 Å². The highest BCUT2D eigenvalue weighted by Crippen LogP contribution is 2.34. The second kappa shape index (κ2) is 6.17. The molecule has 2 rings (SSSR count). The minimum absolute atomic E-state index is 0.0829. The molecule has 1 saturated heterocycles. The summed E-state index contributed by atoms with van der Waals surface area (Å²) in [6.45, 7) is 0.369. The average Bonchev–Trinajstić information content (AvgIpc) is 2.96. The van der Waals surface area contributed by atoms with E-state index < -0.39 is 20.7 Å². The Morgan fingerprint density at radius 3 is 2.48 bits per heavy atom. The Bertz CT molecular complexity index is 619. The van der Waals surface area contributed by atoms with Crippen molar-refractivity contribution < 1.29 is 27.4 Å². The standard InChI is InChI=1S/C13H18FNO5S/c1-19-11-5-10(14)13(6-12(11)20-2)21(17,18)15-4-3-9(7-15)8-16/h5-6,9,16H,3-4,7-8H2,1-2H3. The Morgan fingerprint density at radius 2 is 1.95 bits per heavy atom. The number of nitrogens with zero attached hydrogens (tertiary/aromatic N) is 1. The molecule has 8 heteroatoms. The van der Waals surface area contributed by atoms with E-state index >= 15 is 0 Å². The van der Waals surface area contributed by atoms with E-state index in [1.807, 2.05) is 0 Å². The third kappa shape index (κ3) is 2.97. The summed E-state index contributed by atoms with van der Waals surface area (Å²) in [4.78, 5) is -0.446. The Hall–Kier alpha value is -1.38. The minimum atomic E-state index is -3.96. The molecule has 0 radical (unpaired) electrons. The number of sulfonamides is 1. The first-order chi connectivity index (χ1) is 9.93. The largest absolute Gasteiger partial charge is 0.493 e. The van der Waals surface area contributed by atoms with Crippen LogP contribution in [0.4, 0.5) is 4.39 Å². The summed E-state index contributed by atoms with van der Waals surface area (Å²) >= 11 is 0. The van der Waals surface area contributed by atoms with Gasteiger partial charge in [0, 0.05) is 31.8 Å². The fourth-order valence-corrected chi connectivity index (χ4v) is 3.93. The van der Waals surface area contributed by atoms with E-state index in [-0.39, 0.29) is 37.1 Å². The molecule has 0 saturated carbocycles. The molecule has 1 atom stereocenters. The summed E-state index contributed by atoms with van der Waals surface area (Å²) in [5.41, 5.74) is 0. The van der Waals surface area contributed by atoms with E-state index in [0.717, 1.165) is 12.1 Å². The van der Waals surface area contributed by atoms with Crippen molar-refractivity contribution in [1.29, 1.82) is 0 Å². The van der Waals surface area contributed by atoms with Crippen LogP contribution in [0.15, 0.2) is 17.0 Å². The first kappa shape index (κ1) is 16.0. The maximum atomic E-state index is 14.1. The molecule has 0 amide bonds. The van der Waals surface area contributed by atoms with Crippen molar-refractivity contribution in [2.24, 2.45) is 5.92 Å². The third-order valence-corrected chi connectivity index (χ3v) is 5.44. The van der Waals surface area contributed by atoms with Crippen LogP contribution in [0.2, 0.25) is 0 Å². The van der Waals surface area contributed by atoms with Gasteiger partial charge in [0.25, 0.3) is 0 Å². The Balaban J connectivity index is 2.41. The highest BCUT2D eigenvalue weighted by atomic mass is 32.2. The lowest BCUT2D eigenvalue weighted by molar-refractivity contribution is 0.233. The SMILES string of the molecule is COc1cc(F)c(S(=O)(=O)N2CCC(CO)C2)cc1OC. The second-order valence-corrected chi connectivity index (χ2v) is 6.74. The molecule has 21 heavy (non-hydrogen) atoms. The first-order valence-corrected chi connectivity index (χ1v) is 7.90. The van der Waals surface area contributed by atoms with Crippen LogP contribution >= 0.6 is 0 Å². The van der Waals surface area contributed by atoms with E-state index in [1.165, 1.54) is 18.5 Å². The molecule has 0 aromatic heterocycles. The lowest BCUT2D eigenvalue weighted by Crippen LogP contribution is -2.30. The Morgan fingerprint density at radius 1 is 1.33 bits per heavy atom. The molecule has 1 fully saturated rings. The maximum Gasteiger partial charge on any atom is 0.246 e. The van der Waals surface area contributed by atoms with Gasteiger partial charge in [0.1, 0.15) is 10.7 Å². The zero-order valence-electron chi connectivity index (χ0n) is 11.9. The van der Waals surface area contributed by atoms with Crippen molar-refractivity contribution in [3.8, 4) is 11.5 Å². The fraction of sp³-hybridized carbons (Fsp3) is 0.538. The predicted octanol–water partition coefficient (Wildman–Crippen LogP) is 0.846. The van der Waals surface area contributed by atoms with Gasteiger partial charge in [0.15, 0.2) is 11.5 Å². The van der Waals surface area contributed by atoms with Crippen LogP contribution in [0.5, 0.6) is 11.5 Å².